The molecule has 8 heteroatoms. The smallest absolute Gasteiger partial charge is 0.305 e. The van der Waals surface area contributed by atoms with Crippen molar-refractivity contribution in [2.45, 2.75) is 33.3 Å². The normalized spacial score (nSPS) is 11.9. The fraction of sp³-hybridized carbons (Fsp3) is 0.312. The summed E-state index contributed by atoms with van der Waals surface area (Å²) in [7, 11) is 0. The molecule has 24 heavy (non-hydrogen) atoms. The molecule has 6 nitrogen and oxygen atoms in total. The molecule has 0 atom stereocenters. The minimum Gasteiger partial charge on any atom is -0.487 e. The van der Waals surface area contributed by atoms with Crippen molar-refractivity contribution >= 4 is 5.78 Å². The van der Waals surface area contributed by atoms with E-state index in [-0.39, 0.29) is 12.4 Å². The van der Waals surface area contributed by atoms with Crippen LogP contribution < -0.4 is 10.3 Å². The molecule has 3 rings (SSSR count). The maximum Gasteiger partial charge on any atom is 0.305 e. The highest BCUT2D eigenvalue weighted by Crippen LogP contribution is 2.23. The molecule has 1 N–H and O–H groups in total. The summed E-state index contributed by atoms with van der Waals surface area (Å²) in [6.07, 6.45) is 0. The van der Waals surface area contributed by atoms with E-state index in [4.69, 9.17) is 4.74 Å². The lowest BCUT2D eigenvalue weighted by Gasteiger charge is -2.08. The molecule has 2 aromatic heterocycles. The molecule has 0 saturated carbocycles. The van der Waals surface area contributed by atoms with Gasteiger partial charge in [-0.1, -0.05) is 6.07 Å². The summed E-state index contributed by atoms with van der Waals surface area (Å²) in [6, 6.07) is 6.90. The molecule has 0 aliphatic carbocycles. The van der Waals surface area contributed by atoms with E-state index in [0.29, 0.717) is 18.4 Å². The van der Waals surface area contributed by atoms with Gasteiger partial charge in [-0.2, -0.15) is 18.3 Å². The summed E-state index contributed by atoms with van der Waals surface area (Å²) in [4.78, 5) is 18.5. The number of aromatic amines is 1. The van der Waals surface area contributed by atoms with Gasteiger partial charge in [-0.05, 0) is 37.1 Å². The number of ether oxygens (including phenoxy) is 1. The SMILES string of the molecule is Cc1ccc(OCc2cc(=O)n3nc(C(C)(F)F)nc3[nH]2)cc1C. The first-order valence-electron chi connectivity index (χ1n) is 7.31. The summed E-state index contributed by atoms with van der Waals surface area (Å²) in [6.45, 7) is 4.73. The van der Waals surface area contributed by atoms with Crippen molar-refractivity contribution in [3.8, 4) is 5.75 Å². The lowest BCUT2D eigenvalue weighted by Crippen LogP contribution is -2.17. The highest BCUT2D eigenvalue weighted by Gasteiger charge is 2.30. The lowest BCUT2D eigenvalue weighted by molar-refractivity contribution is 0.00795. The average Bonchev–Trinajstić information content (AvgIpc) is 2.93. The number of halogens is 2. The number of nitrogens with one attached hydrogen (secondary N) is 1. The summed E-state index contributed by atoms with van der Waals surface area (Å²) < 4.78 is 33.0. The molecule has 0 fully saturated rings. The molecule has 0 amide bonds. The van der Waals surface area contributed by atoms with E-state index in [0.717, 1.165) is 15.6 Å². The van der Waals surface area contributed by atoms with E-state index in [1.54, 1.807) is 0 Å². The summed E-state index contributed by atoms with van der Waals surface area (Å²) in [5.74, 6) is -3.32. The minimum absolute atomic E-state index is 0.0438. The molecule has 0 bridgehead atoms. The van der Waals surface area contributed by atoms with Gasteiger partial charge in [0.1, 0.15) is 12.4 Å². The van der Waals surface area contributed by atoms with Gasteiger partial charge in [0.25, 0.3) is 5.56 Å². The third-order valence-electron chi connectivity index (χ3n) is 3.65. The molecule has 0 aliphatic rings. The van der Waals surface area contributed by atoms with Crippen LogP contribution in [0.3, 0.4) is 0 Å². The monoisotopic (exact) mass is 334 g/mol. The van der Waals surface area contributed by atoms with Crippen LogP contribution in [0.2, 0.25) is 0 Å². The number of fused-ring (bicyclic) bond motifs is 1. The highest BCUT2D eigenvalue weighted by molar-refractivity contribution is 5.34. The third-order valence-corrected chi connectivity index (χ3v) is 3.65. The van der Waals surface area contributed by atoms with E-state index >= 15 is 0 Å². The fourth-order valence-corrected chi connectivity index (χ4v) is 2.17. The quantitative estimate of drug-likeness (QED) is 0.796. The number of aromatic nitrogens is 4. The molecular weight excluding hydrogens is 318 g/mol. The second-order valence-corrected chi connectivity index (χ2v) is 5.73. The zero-order chi connectivity index (χ0) is 17.5. The summed E-state index contributed by atoms with van der Waals surface area (Å²) in [5, 5.41) is 3.54. The average molecular weight is 334 g/mol. The van der Waals surface area contributed by atoms with E-state index in [2.05, 4.69) is 15.1 Å². The van der Waals surface area contributed by atoms with Crippen LogP contribution in [0.1, 0.15) is 29.6 Å². The van der Waals surface area contributed by atoms with Gasteiger partial charge < -0.3 is 9.72 Å². The van der Waals surface area contributed by atoms with Crippen LogP contribution in [0.15, 0.2) is 29.1 Å². The van der Waals surface area contributed by atoms with Crippen LogP contribution in [-0.2, 0) is 12.5 Å². The Hall–Kier alpha value is -2.77. The second kappa shape index (κ2) is 5.70. The third kappa shape index (κ3) is 3.12. The first kappa shape index (κ1) is 16.1. The van der Waals surface area contributed by atoms with Crippen LogP contribution in [0.5, 0.6) is 5.75 Å². The number of hydrogen-bond acceptors (Lipinski definition) is 4. The number of benzene rings is 1. The number of nitrogens with zero attached hydrogens (tertiary/aromatic N) is 3. The van der Waals surface area contributed by atoms with Gasteiger partial charge in [-0.3, -0.25) is 4.79 Å². The van der Waals surface area contributed by atoms with Crippen LogP contribution in [0.4, 0.5) is 8.78 Å². The van der Waals surface area contributed by atoms with Gasteiger partial charge in [0.2, 0.25) is 11.6 Å². The standard InChI is InChI=1S/C16H16F2N4O2/c1-9-4-5-12(6-10(9)2)24-8-11-7-13(23)22-15(19-11)20-14(21-22)16(3,17)18/h4-7H,8H2,1-3H3,(H,19,20,21). The van der Waals surface area contributed by atoms with Gasteiger partial charge in [-0.25, -0.2) is 0 Å². The van der Waals surface area contributed by atoms with Crippen molar-refractivity contribution in [3.05, 3.63) is 57.3 Å². The molecule has 3 aromatic rings. The Bertz CT molecular complexity index is 957. The molecule has 0 saturated heterocycles. The largest absolute Gasteiger partial charge is 0.487 e. The van der Waals surface area contributed by atoms with Gasteiger partial charge >= 0.3 is 5.92 Å². The molecule has 0 radical (unpaired) electrons. The van der Waals surface area contributed by atoms with E-state index in [9.17, 15) is 13.6 Å². The molecule has 1 aromatic carbocycles. The number of rotatable bonds is 4. The van der Waals surface area contributed by atoms with Crippen molar-refractivity contribution < 1.29 is 13.5 Å². The van der Waals surface area contributed by atoms with E-state index < -0.39 is 17.3 Å². The van der Waals surface area contributed by atoms with E-state index in [1.165, 1.54) is 6.07 Å². The molecule has 0 aliphatic heterocycles. The van der Waals surface area contributed by atoms with E-state index in [1.807, 2.05) is 32.0 Å². The summed E-state index contributed by atoms with van der Waals surface area (Å²) >= 11 is 0. The van der Waals surface area contributed by atoms with Crippen LogP contribution in [0.25, 0.3) is 5.78 Å². The first-order valence-corrected chi connectivity index (χ1v) is 7.31. The number of hydrogen-bond donors (Lipinski definition) is 1. The Balaban J connectivity index is 1.87. The Labute approximate surface area is 136 Å². The zero-order valence-corrected chi connectivity index (χ0v) is 13.4. The Kier molecular flexibility index (Phi) is 3.82. The van der Waals surface area contributed by atoms with Crippen molar-refractivity contribution in [1.29, 1.82) is 0 Å². The van der Waals surface area contributed by atoms with Gasteiger partial charge in [0.05, 0.1) is 5.69 Å². The van der Waals surface area contributed by atoms with Crippen LogP contribution in [-0.4, -0.2) is 19.6 Å². The first-order chi connectivity index (χ1) is 11.2. The predicted octanol–water partition coefficient (Wildman–Crippen LogP) is 2.73. The van der Waals surface area contributed by atoms with Crippen LogP contribution >= 0.6 is 0 Å². The molecular formula is C16H16F2N4O2. The number of aryl methyl sites for hydroxylation is 2. The van der Waals surface area contributed by atoms with Crippen molar-refractivity contribution in [3.63, 3.8) is 0 Å². The maximum atomic E-state index is 13.3. The van der Waals surface area contributed by atoms with Gasteiger partial charge in [0.15, 0.2) is 0 Å². The molecule has 0 unspecified atom stereocenters. The summed E-state index contributed by atoms with van der Waals surface area (Å²) in [5.41, 5.74) is 2.10. The number of alkyl halides is 2. The highest BCUT2D eigenvalue weighted by atomic mass is 19.3. The maximum absolute atomic E-state index is 13.3. The Morgan fingerprint density at radius 1 is 1.25 bits per heavy atom. The molecule has 126 valence electrons. The molecule has 0 spiro atoms. The van der Waals surface area contributed by atoms with Crippen LogP contribution in [0, 0.1) is 13.8 Å². The van der Waals surface area contributed by atoms with Gasteiger partial charge in [0, 0.05) is 13.0 Å². The zero-order valence-electron chi connectivity index (χ0n) is 13.4. The molecule has 2 heterocycles. The topological polar surface area (TPSA) is 72.3 Å². The number of H-pyrrole nitrogens is 1. The van der Waals surface area contributed by atoms with Crippen molar-refractivity contribution in [1.82, 2.24) is 19.6 Å². The minimum atomic E-state index is -3.22. The fourth-order valence-electron chi connectivity index (χ4n) is 2.17. The lowest BCUT2D eigenvalue weighted by atomic mass is 10.1. The van der Waals surface area contributed by atoms with Crippen molar-refractivity contribution in [2.75, 3.05) is 0 Å². The van der Waals surface area contributed by atoms with Gasteiger partial charge in [-0.15, -0.1) is 5.10 Å². The van der Waals surface area contributed by atoms with Crippen molar-refractivity contribution in [2.24, 2.45) is 0 Å². The Morgan fingerprint density at radius 3 is 2.67 bits per heavy atom. The second-order valence-electron chi connectivity index (χ2n) is 5.73. The Morgan fingerprint density at radius 2 is 2.00 bits per heavy atom. The predicted molar refractivity (Wildman–Crippen MR) is 83.4 cm³/mol.